The van der Waals surface area contributed by atoms with Crippen molar-refractivity contribution in [1.29, 1.82) is 0 Å². The maximum atomic E-state index is 9.30. The van der Waals surface area contributed by atoms with Gasteiger partial charge < -0.3 is 14.6 Å². The lowest BCUT2D eigenvalue weighted by Gasteiger charge is -2.23. The summed E-state index contributed by atoms with van der Waals surface area (Å²) in [6.07, 6.45) is 9.58. The fourth-order valence-electron chi connectivity index (χ4n) is 3.00. The van der Waals surface area contributed by atoms with Gasteiger partial charge in [-0.25, -0.2) is 9.97 Å². The average Bonchev–Trinajstić information content (AvgIpc) is 2.84. The summed E-state index contributed by atoms with van der Waals surface area (Å²) in [4.78, 5) is 8.79. The van der Waals surface area contributed by atoms with Gasteiger partial charge in [0.2, 0.25) is 0 Å². The molecule has 0 spiro atoms. The number of hydrogen-bond donors (Lipinski definition) is 2. The number of fused-ring (bicyclic) bond motifs is 1. The lowest BCUT2D eigenvalue weighted by Crippen LogP contribution is -2.32. The molecular formula is C13H18BN3O2. The van der Waals surface area contributed by atoms with Crippen LogP contribution in [0.3, 0.4) is 0 Å². The van der Waals surface area contributed by atoms with Crippen LogP contribution in [0, 0.1) is 6.92 Å². The van der Waals surface area contributed by atoms with Crippen molar-refractivity contribution >= 4 is 23.7 Å². The van der Waals surface area contributed by atoms with Crippen LogP contribution in [-0.4, -0.2) is 31.7 Å². The zero-order chi connectivity index (χ0) is 13.4. The topological polar surface area (TPSA) is 71.2 Å². The van der Waals surface area contributed by atoms with E-state index < -0.39 is 7.12 Å². The Morgan fingerprint density at radius 2 is 1.95 bits per heavy atom. The van der Waals surface area contributed by atoms with E-state index in [9.17, 15) is 10.0 Å². The van der Waals surface area contributed by atoms with Gasteiger partial charge >= 0.3 is 7.12 Å². The maximum absolute atomic E-state index is 9.30. The first-order valence-electron chi connectivity index (χ1n) is 6.86. The zero-order valence-electron chi connectivity index (χ0n) is 11.1. The number of hydrogen-bond acceptors (Lipinski definition) is 4. The van der Waals surface area contributed by atoms with Crippen molar-refractivity contribution in [3.63, 3.8) is 0 Å². The molecule has 1 saturated carbocycles. The minimum absolute atomic E-state index is 0.432. The second-order valence-corrected chi connectivity index (χ2v) is 5.33. The minimum Gasteiger partial charge on any atom is -0.423 e. The van der Waals surface area contributed by atoms with Crippen LogP contribution in [0.15, 0.2) is 12.5 Å². The number of aryl methyl sites for hydroxylation is 1. The molecular weight excluding hydrogens is 241 g/mol. The minimum atomic E-state index is -1.49. The quantitative estimate of drug-likeness (QED) is 0.787. The van der Waals surface area contributed by atoms with E-state index in [-0.39, 0.29) is 0 Å². The third kappa shape index (κ3) is 2.15. The molecule has 5 nitrogen and oxygen atoms in total. The van der Waals surface area contributed by atoms with Crippen molar-refractivity contribution in [3.8, 4) is 0 Å². The maximum Gasteiger partial charge on any atom is 0.490 e. The molecule has 19 heavy (non-hydrogen) atoms. The van der Waals surface area contributed by atoms with Gasteiger partial charge in [0, 0.05) is 17.7 Å². The number of imidazole rings is 1. The Bertz CT molecular complexity index is 591. The van der Waals surface area contributed by atoms with Gasteiger partial charge in [-0.2, -0.15) is 0 Å². The number of rotatable bonds is 2. The van der Waals surface area contributed by atoms with Gasteiger partial charge in [0.25, 0.3) is 0 Å². The molecule has 0 saturated heterocycles. The Labute approximate surface area is 112 Å². The zero-order valence-corrected chi connectivity index (χ0v) is 11.1. The first-order valence-corrected chi connectivity index (χ1v) is 6.86. The second-order valence-electron chi connectivity index (χ2n) is 5.33. The van der Waals surface area contributed by atoms with E-state index in [1.54, 1.807) is 6.20 Å². The van der Waals surface area contributed by atoms with E-state index >= 15 is 0 Å². The molecule has 100 valence electrons. The van der Waals surface area contributed by atoms with Crippen LogP contribution in [0.4, 0.5) is 0 Å². The van der Waals surface area contributed by atoms with Crippen LogP contribution in [-0.2, 0) is 0 Å². The molecule has 3 rings (SSSR count). The van der Waals surface area contributed by atoms with Gasteiger partial charge in [0.15, 0.2) is 5.65 Å². The molecule has 0 aliphatic heterocycles. The molecule has 2 heterocycles. The third-order valence-corrected chi connectivity index (χ3v) is 4.13. The second kappa shape index (κ2) is 4.94. The summed E-state index contributed by atoms with van der Waals surface area (Å²) in [5, 5.41) is 18.6. The first-order chi connectivity index (χ1) is 9.18. The van der Waals surface area contributed by atoms with E-state index in [2.05, 4.69) is 14.5 Å². The largest absolute Gasteiger partial charge is 0.490 e. The Morgan fingerprint density at radius 3 is 2.63 bits per heavy atom. The fraction of sp³-hybridized carbons (Fsp3) is 0.538. The van der Waals surface area contributed by atoms with E-state index in [0.717, 1.165) is 16.7 Å². The Kier molecular flexibility index (Phi) is 3.28. The van der Waals surface area contributed by atoms with Gasteiger partial charge in [0.05, 0.1) is 6.33 Å². The van der Waals surface area contributed by atoms with Gasteiger partial charge in [-0.05, 0) is 25.3 Å². The van der Waals surface area contributed by atoms with Crippen LogP contribution in [0.1, 0.15) is 43.7 Å². The summed E-state index contributed by atoms with van der Waals surface area (Å²) in [7, 11) is -1.49. The van der Waals surface area contributed by atoms with Crippen molar-refractivity contribution in [3.05, 3.63) is 18.1 Å². The lowest BCUT2D eigenvalue weighted by atomic mass is 9.78. The Balaban J connectivity index is 2.06. The van der Waals surface area contributed by atoms with Crippen molar-refractivity contribution < 1.29 is 10.0 Å². The molecule has 0 amide bonds. The fourth-order valence-corrected chi connectivity index (χ4v) is 3.00. The summed E-state index contributed by atoms with van der Waals surface area (Å²) in [5.74, 6) is 0. The number of pyridine rings is 1. The smallest absolute Gasteiger partial charge is 0.423 e. The SMILES string of the molecule is Cc1c(B(O)O)cnc2c1ncn2C1CCCCC1. The van der Waals surface area contributed by atoms with Crippen molar-refractivity contribution in [2.45, 2.75) is 45.1 Å². The summed E-state index contributed by atoms with van der Waals surface area (Å²) in [6.45, 7) is 1.86. The van der Waals surface area contributed by atoms with Crippen LogP contribution < -0.4 is 5.46 Å². The molecule has 0 bridgehead atoms. The predicted octanol–water partition coefficient (Wildman–Crippen LogP) is 0.925. The normalized spacial score (nSPS) is 17.0. The molecule has 2 aromatic rings. The summed E-state index contributed by atoms with van der Waals surface area (Å²) in [5.41, 5.74) is 2.86. The molecule has 1 aliphatic carbocycles. The number of aromatic nitrogens is 3. The van der Waals surface area contributed by atoms with Crippen molar-refractivity contribution in [1.82, 2.24) is 14.5 Å². The monoisotopic (exact) mass is 259 g/mol. The highest BCUT2D eigenvalue weighted by molar-refractivity contribution is 6.59. The van der Waals surface area contributed by atoms with Crippen LogP contribution >= 0.6 is 0 Å². The lowest BCUT2D eigenvalue weighted by molar-refractivity contribution is 0.358. The molecule has 2 N–H and O–H groups in total. The van der Waals surface area contributed by atoms with Gasteiger partial charge in [-0.3, -0.25) is 0 Å². The third-order valence-electron chi connectivity index (χ3n) is 4.13. The highest BCUT2D eigenvalue weighted by atomic mass is 16.4. The first kappa shape index (κ1) is 12.6. The molecule has 0 atom stereocenters. The summed E-state index contributed by atoms with van der Waals surface area (Å²) >= 11 is 0. The molecule has 2 aromatic heterocycles. The molecule has 0 unspecified atom stereocenters. The average molecular weight is 259 g/mol. The molecule has 0 aromatic carbocycles. The van der Waals surface area contributed by atoms with E-state index in [1.165, 1.54) is 32.1 Å². The van der Waals surface area contributed by atoms with Crippen LogP contribution in [0.2, 0.25) is 0 Å². The molecule has 1 fully saturated rings. The summed E-state index contributed by atoms with van der Waals surface area (Å²) < 4.78 is 2.15. The van der Waals surface area contributed by atoms with Gasteiger partial charge in [-0.1, -0.05) is 19.3 Å². The Morgan fingerprint density at radius 1 is 1.21 bits per heavy atom. The molecule has 6 heteroatoms. The highest BCUT2D eigenvalue weighted by Crippen LogP contribution is 2.30. The van der Waals surface area contributed by atoms with Crippen molar-refractivity contribution in [2.75, 3.05) is 0 Å². The van der Waals surface area contributed by atoms with Crippen LogP contribution in [0.25, 0.3) is 11.2 Å². The Hall–Kier alpha value is -1.40. The van der Waals surface area contributed by atoms with E-state index in [1.807, 2.05) is 13.3 Å². The molecule has 0 radical (unpaired) electrons. The van der Waals surface area contributed by atoms with E-state index in [4.69, 9.17) is 0 Å². The predicted molar refractivity (Wildman–Crippen MR) is 74.2 cm³/mol. The van der Waals surface area contributed by atoms with Crippen molar-refractivity contribution in [2.24, 2.45) is 0 Å². The van der Waals surface area contributed by atoms with Crippen LogP contribution in [0.5, 0.6) is 0 Å². The summed E-state index contributed by atoms with van der Waals surface area (Å²) in [6, 6.07) is 0.482. The number of nitrogens with zero attached hydrogens (tertiary/aromatic N) is 3. The standard InChI is InChI=1S/C13H18BN3O2/c1-9-11(14(18)19)7-15-13-12(9)16-8-17(13)10-5-3-2-4-6-10/h7-8,10,18-19H,2-6H2,1H3. The van der Waals surface area contributed by atoms with Gasteiger partial charge in [-0.15, -0.1) is 0 Å². The van der Waals surface area contributed by atoms with E-state index in [0.29, 0.717) is 11.5 Å². The highest BCUT2D eigenvalue weighted by Gasteiger charge is 2.22. The van der Waals surface area contributed by atoms with Gasteiger partial charge in [0.1, 0.15) is 5.52 Å². The molecule has 1 aliphatic rings.